The molecule has 2 amide bonds. The lowest BCUT2D eigenvalue weighted by molar-refractivity contribution is -0.125. The maximum atomic E-state index is 12.9. The van der Waals surface area contributed by atoms with Gasteiger partial charge in [-0.3, -0.25) is 14.5 Å². The first-order valence-electron chi connectivity index (χ1n) is 9.12. The fraction of sp³-hybridized carbons (Fsp3) is 0.579. The molecule has 1 heterocycles. The average molecular weight is 345 g/mol. The van der Waals surface area contributed by atoms with E-state index in [2.05, 4.69) is 4.90 Å². The van der Waals surface area contributed by atoms with Crippen LogP contribution in [0, 0.1) is 0 Å². The number of hydrogen-bond acceptors (Lipinski definition) is 4. The summed E-state index contributed by atoms with van der Waals surface area (Å²) in [7, 11) is 2.02. The molecule has 1 aromatic carbocycles. The number of benzene rings is 1. The summed E-state index contributed by atoms with van der Waals surface area (Å²) in [5, 5.41) is 0. The van der Waals surface area contributed by atoms with Crippen LogP contribution in [0.15, 0.2) is 24.3 Å². The third-order valence-corrected chi connectivity index (χ3v) is 5.22. The molecule has 136 valence electrons. The van der Waals surface area contributed by atoms with Crippen LogP contribution in [0.5, 0.6) is 5.75 Å². The minimum absolute atomic E-state index is 0.0197. The maximum Gasteiger partial charge on any atom is 0.260 e. The lowest BCUT2D eigenvalue weighted by Gasteiger charge is -2.35. The van der Waals surface area contributed by atoms with Gasteiger partial charge in [0.1, 0.15) is 5.75 Å². The number of fused-ring (bicyclic) bond motifs is 1. The zero-order valence-electron chi connectivity index (χ0n) is 14.8. The van der Waals surface area contributed by atoms with Gasteiger partial charge < -0.3 is 15.4 Å². The number of hydrogen-bond donors (Lipinski definition) is 1. The van der Waals surface area contributed by atoms with Gasteiger partial charge in [0.25, 0.3) is 5.91 Å². The van der Waals surface area contributed by atoms with Crippen molar-refractivity contribution in [2.45, 2.75) is 50.7 Å². The summed E-state index contributed by atoms with van der Waals surface area (Å²) < 4.78 is 5.63. The van der Waals surface area contributed by atoms with Gasteiger partial charge in [-0.25, -0.2) is 0 Å². The standard InChI is InChI=1S/C19H27N3O3/c1-21(14-8-4-2-3-5-9-14)13-18(23)22-12-17(19(20)24)25-16-11-7-6-10-15(16)22/h6-7,10-11,14,17H,2-5,8-9,12-13H2,1H3,(H2,20,24)/t17-/m0/s1. The van der Waals surface area contributed by atoms with Gasteiger partial charge in [0.2, 0.25) is 5.91 Å². The van der Waals surface area contributed by atoms with E-state index in [1.807, 2.05) is 25.2 Å². The number of rotatable bonds is 4. The highest BCUT2D eigenvalue weighted by molar-refractivity contribution is 5.98. The Balaban J connectivity index is 1.72. The number of nitrogens with zero attached hydrogens (tertiary/aromatic N) is 2. The predicted molar refractivity (Wildman–Crippen MR) is 96.5 cm³/mol. The molecule has 1 atom stereocenters. The van der Waals surface area contributed by atoms with Crippen LogP contribution < -0.4 is 15.4 Å². The Hall–Kier alpha value is -2.08. The van der Waals surface area contributed by atoms with Crippen LogP contribution in [0.4, 0.5) is 5.69 Å². The summed E-state index contributed by atoms with van der Waals surface area (Å²) >= 11 is 0. The van der Waals surface area contributed by atoms with Crippen LogP contribution in [0.2, 0.25) is 0 Å². The molecule has 2 aliphatic rings. The highest BCUT2D eigenvalue weighted by Crippen LogP contribution is 2.33. The van der Waals surface area contributed by atoms with Crippen molar-refractivity contribution < 1.29 is 14.3 Å². The lowest BCUT2D eigenvalue weighted by Crippen LogP contribution is -2.52. The molecule has 0 aromatic heterocycles. The predicted octanol–water partition coefficient (Wildman–Crippen LogP) is 1.92. The number of anilines is 1. The van der Waals surface area contributed by atoms with Crippen LogP contribution in [0.25, 0.3) is 0 Å². The van der Waals surface area contributed by atoms with Gasteiger partial charge in [-0.15, -0.1) is 0 Å². The molecule has 0 spiro atoms. The van der Waals surface area contributed by atoms with Crippen molar-refractivity contribution in [1.82, 2.24) is 4.90 Å². The maximum absolute atomic E-state index is 12.9. The van der Waals surface area contributed by atoms with E-state index in [1.54, 1.807) is 11.0 Å². The molecule has 6 nitrogen and oxygen atoms in total. The van der Waals surface area contributed by atoms with Crippen molar-refractivity contribution in [2.75, 3.05) is 25.0 Å². The van der Waals surface area contributed by atoms with Crippen LogP contribution in [0.3, 0.4) is 0 Å². The second-order valence-corrected chi connectivity index (χ2v) is 7.04. The number of amides is 2. The molecule has 3 rings (SSSR count). The minimum Gasteiger partial charge on any atom is -0.477 e. The summed E-state index contributed by atoms with van der Waals surface area (Å²) in [5.74, 6) is -0.0406. The second kappa shape index (κ2) is 7.87. The molecule has 6 heteroatoms. The van der Waals surface area contributed by atoms with Gasteiger partial charge >= 0.3 is 0 Å². The zero-order valence-corrected chi connectivity index (χ0v) is 14.8. The van der Waals surface area contributed by atoms with E-state index in [1.165, 1.54) is 25.7 Å². The van der Waals surface area contributed by atoms with Crippen LogP contribution in [-0.2, 0) is 9.59 Å². The number of carbonyl (C=O) groups excluding carboxylic acids is 2. The molecule has 2 N–H and O–H groups in total. The molecular formula is C19H27N3O3. The number of ether oxygens (including phenoxy) is 1. The summed E-state index contributed by atoms with van der Waals surface area (Å²) in [4.78, 5) is 28.3. The van der Waals surface area contributed by atoms with E-state index in [4.69, 9.17) is 10.5 Å². The topological polar surface area (TPSA) is 75.9 Å². The fourth-order valence-electron chi connectivity index (χ4n) is 3.75. The molecule has 25 heavy (non-hydrogen) atoms. The quantitative estimate of drug-likeness (QED) is 0.846. The molecule has 1 aliphatic heterocycles. The van der Waals surface area contributed by atoms with E-state index in [-0.39, 0.29) is 12.5 Å². The number of nitrogens with two attached hydrogens (primary N) is 1. The number of para-hydroxylation sites is 2. The van der Waals surface area contributed by atoms with Crippen molar-refractivity contribution >= 4 is 17.5 Å². The Labute approximate surface area is 148 Å². The first kappa shape index (κ1) is 17.7. The van der Waals surface area contributed by atoms with Crippen LogP contribution >= 0.6 is 0 Å². The summed E-state index contributed by atoms with van der Waals surface area (Å²) in [5.41, 5.74) is 6.12. The molecule has 0 saturated heterocycles. The first-order chi connectivity index (χ1) is 12.1. The smallest absolute Gasteiger partial charge is 0.260 e. The number of primary amides is 1. The Kier molecular flexibility index (Phi) is 5.58. The molecular weight excluding hydrogens is 318 g/mol. The Morgan fingerprint density at radius 1 is 1.20 bits per heavy atom. The fourth-order valence-corrected chi connectivity index (χ4v) is 3.75. The van der Waals surface area contributed by atoms with Crippen molar-refractivity contribution in [3.05, 3.63) is 24.3 Å². The molecule has 0 bridgehead atoms. The first-order valence-corrected chi connectivity index (χ1v) is 9.12. The summed E-state index contributed by atoms with van der Waals surface area (Å²) in [6, 6.07) is 7.75. The Morgan fingerprint density at radius 3 is 2.56 bits per heavy atom. The number of likely N-dealkylation sites (N-methyl/N-ethyl adjacent to an activating group) is 1. The molecule has 1 aliphatic carbocycles. The van der Waals surface area contributed by atoms with Crippen LogP contribution in [-0.4, -0.2) is 49.0 Å². The van der Waals surface area contributed by atoms with Gasteiger partial charge in [0, 0.05) is 6.04 Å². The lowest BCUT2D eigenvalue weighted by atomic mass is 10.1. The second-order valence-electron chi connectivity index (χ2n) is 7.04. The molecule has 1 saturated carbocycles. The molecule has 0 radical (unpaired) electrons. The van der Waals surface area contributed by atoms with E-state index in [0.29, 0.717) is 24.0 Å². The zero-order chi connectivity index (χ0) is 17.8. The Morgan fingerprint density at radius 2 is 1.88 bits per heavy atom. The molecule has 1 aromatic rings. The van der Waals surface area contributed by atoms with Gasteiger partial charge in [-0.2, -0.15) is 0 Å². The van der Waals surface area contributed by atoms with Gasteiger partial charge in [-0.1, -0.05) is 37.8 Å². The van der Waals surface area contributed by atoms with E-state index in [9.17, 15) is 9.59 Å². The van der Waals surface area contributed by atoms with Gasteiger partial charge in [0.15, 0.2) is 6.10 Å². The molecule has 0 unspecified atom stereocenters. The van der Waals surface area contributed by atoms with Gasteiger partial charge in [-0.05, 0) is 32.0 Å². The van der Waals surface area contributed by atoms with E-state index in [0.717, 1.165) is 12.8 Å². The normalized spacial score (nSPS) is 21.4. The Bertz CT molecular complexity index is 626. The SMILES string of the molecule is CN(CC(=O)N1C[C@@H](C(N)=O)Oc2ccccc21)C1CCCCCC1. The molecule has 1 fully saturated rings. The van der Waals surface area contributed by atoms with E-state index >= 15 is 0 Å². The van der Waals surface area contributed by atoms with Crippen molar-refractivity contribution in [2.24, 2.45) is 5.73 Å². The average Bonchev–Trinajstić information content (AvgIpc) is 2.90. The number of carbonyl (C=O) groups is 2. The third kappa shape index (κ3) is 4.12. The van der Waals surface area contributed by atoms with E-state index < -0.39 is 12.0 Å². The van der Waals surface area contributed by atoms with Crippen LogP contribution in [0.1, 0.15) is 38.5 Å². The monoisotopic (exact) mass is 345 g/mol. The third-order valence-electron chi connectivity index (χ3n) is 5.22. The van der Waals surface area contributed by atoms with Crippen molar-refractivity contribution in [3.8, 4) is 5.75 Å². The van der Waals surface area contributed by atoms with Crippen molar-refractivity contribution in [3.63, 3.8) is 0 Å². The highest BCUT2D eigenvalue weighted by Gasteiger charge is 2.33. The highest BCUT2D eigenvalue weighted by atomic mass is 16.5. The van der Waals surface area contributed by atoms with Crippen molar-refractivity contribution in [1.29, 1.82) is 0 Å². The largest absolute Gasteiger partial charge is 0.477 e. The van der Waals surface area contributed by atoms with Gasteiger partial charge in [0.05, 0.1) is 18.8 Å². The summed E-state index contributed by atoms with van der Waals surface area (Å²) in [6.07, 6.45) is 6.52. The summed E-state index contributed by atoms with van der Waals surface area (Å²) in [6.45, 7) is 0.508. The minimum atomic E-state index is -0.804.